The summed E-state index contributed by atoms with van der Waals surface area (Å²) >= 11 is 0. The fourth-order valence-corrected chi connectivity index (χ4v) is 3.08. The van der Waals surface area contributed by atoms with E-state index in [0.717, 1.165) is 18.6 Å². The van der Waals surface area contributed by atoms with E-state index in [1.54, 1.807) is 28.1 Å². The molecule has 0 aromatic heterocycles. The van der Waals surface area contributed by atoms with Gasteiger partial charge in [-0.3, -0.25) is 9.59 Å². The van der Waals surface area contributed by atoms with Crippen LogP contribution in [0.25, 0.3) is 0 Å². The van der Waals surface area contributed by atoms with Gasteiger partial charge in [0.15, 0.2) is 0 Å². The standard InChI is InChI=1S/C19H28N2O4/c1-14(22)21-10-9-18(25-13-19(23)20(2)3)16(12-21)11-15-5-7-17(24-4)8-6-15/h5-8,16,18H,9-13H2,1-4H3/t16-,18-/m1/s1. The lowest BCUT2D eigenvalue weighted by molar-refractivity contribution is -0.142. The normalized spacial score (nSPS) is 20.2. The Bertz CT molecular complexity index is 586. The van der Waals surface area contributed by atoms with Crippen LogP contribution < -0.4 is 4.74 Å². The molecule has 25 heavy (non-hydrogen) atoms. The van der Waals surface area contributed by atoms with Crippen molar-refractivity contribution in [3.05, 3.63) is 29.8 Å². The Balaban J connectivity index is 2.04. The molecule has 0 radical (unpaired) electrons. The number of rotatable bonds is 6. The van der Waals surface area contributed by atoms with Crippen molar-refractivity contribution in [2.75, 3.05) is 40.9 Å². The molecule has 2 rings (SSSR count). The predicted octanol–water partition coefficient (Wildman–Crippen LogP) is 1.58. The van der Waals surface area contributed by atoms with E-state index in [1.807, 2.05) is 29.2 Å². The van der Waals surface area contributed by atoms with Gasteiger partial charge in [-0.15, -0.1) is 0 Å². The van der Waals surface area contributed by atoms with Gasteiger partial charge in [0.1, 0.15) is 12.4 Å². The summed E-state index contributed by atoms with van der Waals surface area (Å²) < 4.78 is 11.1. The van der Waals surface area contributed by atoms with Crippen molar-refractivity contribution in [3.63, 3.8) is 0 Å². The zero-order valence-corrected chi connectivity index (χ0v) is 15.5. The minimum atomic E-state index is -0.0443. The minimum absolute atomic E-state index is 0.0263. The molecular weight excluding hydrogens is 320 g/mol. The number of methoxy groups -OCH3 is 1. The van der Waals surface area contributed by atoms with Crippen LogP contribution in [0.15, 0.2) is 24.3 Å². The van der Waals surface area contributed by atoms with Crippen molar-refractivity contribution < 1.29 is 19.1 Å². The van der Waals surface area contributed by atoms with Gasteiger partial charge in [-0.25, -0.2) is 0 Å². The van der Waals surface area contributed by atoms with Gasteiger partial charge < -0.3 is 19.3 Å². The van der Waals surface area contributed by atoms with E-state index in [4.69, 9.17) is 9.47 Å². The Morgan fingerprint density at radius 1 is 1.24 bits per heavy atom. The molecule has 138 valence electrons. The molecule has 0 bridgehead atoms. The summed E-state index contributed by atoms with van der Waals surface area (Å²) in [6.45, 7) is 3.01. The molecule has 0 spiro atoms. The van der Waals surface area contributed by atoms with Gasteiger partial charge in [0.2, 0.25) is 11.8 Å². The van der Waals surface area contributed by atoms with Gasteiger partial charge in [0.25, 0.3) is 0 Å². The van der Waals surface area contributed by atoms with E-state index in [9.17, 15) is 9.59 Å². The molecule has 1 aliphatic heterocycles. The Kier molecular flexibility index (Phi) is 6.82. The highest BCUT2D eigenvalue weighted by Gasteiger charge is 2.31. The average Bonchev–Trinajstić information content (AvgIpc) is 2.60. The number of nitrogens with zero attached hydrogens (tertiary/aromatic N) is 2. The van der Waals surface area contributed by atoms with Crippen molar-refractivity contribution in [1.82, 2.24) is 9.80 Å². The van der Waals surface area contributed by atoms with Crippen molar-refractivity contribution in [2.24, 2.45) is 5.92 Å². The first kappa shape index (κ1) is 19.2. The van der Waals surface area contributed by atoms with Gasteiger partial charge in [0.05, 0.1) is 13.2 Å². The molecule has 0 unspecified atom stereocenters. The maximum atomic E-state index is 11.8. The molecule has 1 heterocycles. The highest BCUT2D eigenvalue weighted by molar-refractivity contribution is 5.76. The average molecular weight is 348 g/mol. The number of hydrogen-bond donors (Lipinski definition) is 0. The number of ether oxygens (including phenoxy) is 2. The van der Waals surface area contributed by atoms with Gasteiger partial charge in [-0.2, -0.15) is 0 Å². The summed E-state index contributed by atoms with van der Waals surface area (Å²) in [6.07, 6.45) is 1.53. The first-order valence-electron chi connectivity index (χ1n) is 8.61. The number of likely N-dealkylation sites (N-methyl/N-ethyl adjacent to an activating group) is 1. The first-order chi connectivity index (χ1) is 11.9. The molecule has 0 aliphatic carbocycles. The highest BCUT2D eigenvalue weighted by Crippen LogP contribution is 2.25. The third-order valence-electron chi connectivity index (χ3n) is 4.69. The number of carbonyl (C=O) groups excluding carboxylic acids is 2. The Morgan fingerprint density at radius 2 is 1.92 bits per heavy atom. The summed E-state index contributed by atoms with van der Waals surface area (Å²) in [5.74, 6) is 1.03. The zero-order valence-electron chi connectivity index (χ0n) is 15.5. The van der Waals surface area contributed by atoms with Crippen molar-refractivity contribution in [3.8, 4) is 5.75 Å². The van der Waals surface area contributed by atoms with E-state index in [-0.39, 0.29) is 30.4 Å². The highest BCUT2D eigenvalue weighted by atomic mass is 16.5. The number of benzene rings is 1. The number of hydrogen-bond acceptors (Lipinski definition) is 4. The third kappa shape index (κ3) is 5.46. The quantitative estimate of drug-likeness (QED) is 0.783. The predicted molar refractivity (Wildman–Crippen MR) is 95.5 cm³/mol. The zero-order chi connectivity index (χ0) is 18.4. The lowest BCUT2D eigenvalue weighted by Gasteiger charge is -2.38. The van der Waals surface area contributed by atoms with Crippen LogP contribution >= 0.6 is 0 Å². The van der Waals surface area contributed by atoms with E-state index in [2.05, 4.69) is 0 Å². The second-order valence-electron chi connectivity index (χ2n) is 6.70. The molecule has 6 nitrogen and oxygen atoms in total. The van der Waals surface area contributed by atoms with E-state index in [1.165, 1.54) is 10.5 Å². The molecule has 1 aromatic rings. The van der Waals surface area contributed by atoms with E-state index in [0.29, 0.717) is 13.1 Å². The number of carbonyl (C=O) groups is 2. The largest absolute Gasteiger partial charge is 0.497 e. The topological polar surface area (TPSA) is 59.1 Å². The van der Waals surface area contributed by atoms with Gasteiger partial charge in [-0.1, -0.05) is 12.1 Å². The SMILES string of the molecule is COc1ccc(C[C@@H]2CN(C(C)=O)CC[C@H]2OCC(=O)N(C)C)cc1. The number of likely N-dealkylation sites (tertiary alicyclic amines) is 1. The van der Waals surface area contributed by atoms with Gasteiger partial charge in [-0.05, 0) is 30.5 Å². The molecule has 0 saturated carbocycles. The Labute approximate surface area is 149 Å². The van der Waals surface area contributed by atoms with Gasteiger partial charge >= 0.3 is 0 Å². The second kappa shape index (κ2) is 8.85. The van der Waals surface area contributed by atoms with Crippen LogP contribution in [0.1, 0.15) is 18.9 Å². The number of piperidine rings is 1. The fourth-order valence-electron chi connectivity index (χ4n) is 3.08. The van der Waals surface area contributed by atoms with E-state index < -0.39 is 0 Å². The summed E-state index contributed by atoms with van der Waals surface area (Å²) in [7, 11) is 5.09. The summed E-state index contributed by atoms with van der Waals surface area (Å²) in [6, 6.07) is 7.94. The molecular formula is C19H28N2O4. The Hall–Kier alpha value is -2.08. The van der Waals surface area contributed by atoms with Crippen LogP contribution in [0.3, 0.4) is 0 Å². The molecule has 6 heteroatoms. The van der Waals surface area contributed by atoms with Crippen molar-refractivity contribution in [2.45, 2.75) is 25.9 Å². The van der Waals surface area contributed by atoms with Gasteiger partial charge in [0, 0.05) is 40.0 Å². The molecule has 1 aliphatic rings. The lowest BCUT2D eigenvalue weighted by Crippen LogP contribution is -2.47. The molecule has 2 atom stereocenters. The summed E-state index contributed by atoms with van der Waals surface area (Å²) in [5, 5.41) is 0. The molecule has 2 amide bonds. The summed E-state index contributed by atoms with van der Waals surface area (Å²) in [5.41, 5.74) is 1.17. The smallest absolute Gasteiger partial charge is 0.248 e. The number of amides is 2. The first-order valence-corrected chi connectivity index (χ1v) is 8.61. The second-order valence-corrected chi connectivity index (χ2v) is 6.70. The molecule has 0 N–H and O–H groups in total. The van der Waals surface area contributed by atoms with Crippen LogP contribution in [0.5, 0.6) is 5.75 Å². The molecule has 1 fully saturated rings. The van der Waals surface area contributed by atoms with Crippen molar-refractivity contribution >= 4 is 11.8 Å². The lowest BCUT2D eigenvalue weighted by atomic mass is 9.88. The third-order valence-corrected chi connectivity index (χ3v) is 4.69. The fraction of sp³-hybridized carbons (Fsp3) is 0.579. The van der Waals surface area contributed by atoms with Crippen molar-refractivity contribution in [1.29, 1.82) is 0 Å². The minimum Gasteiger partial charge on any atom is -0.497 e. The van der Waals surface area contributed by atoms with Crippen LogP contribution in [0.2, 0.25) is 0 Å². The Morgan fingerprint density at radius 3 is 2.48 bits per heavy atom. The van der Waals surface area contributed by atoms with E-state index >= 15 is 0 Å². The van der Waals surface area contributed by atoms with Crippen LogP contribution in [-0.2, 0) is 20.7 Å². The molecule has 1 aromatic carbocycles. The monoisotopic (exact) mass is 348 g/mol. The maximum absolute atomic E-state index is 11.8. The molecule has 1 saturated heterocycles. The summed E-state index contributed by atoms with van der Waals surface area (Å²) in [4.78, 5) is 27.0. The van der Waals surface area contributed by atoms with Crippen LogP contribution in [0, 0.1) is 5.92 Å². The van der Waals surface area contributed by atoms with Crippen LogP contribution in [0.4, 0.5) is 0 Å². The van der Waals surface area contributed by atoms with Crippen LogP contribution in [-0.4, -0.2) is 68.6 Å². The maximum Gasteiger partial charge on any atom is 0.248 e.